The summed E-state index contributed by atoms with van der Waals surface area (Å²) in [5.41, 5.74) is 9.39. The molecule has 0 spiro atoms. The average Bonchev–Trinajstić information content (AvgIpc) is 2.96. The first-order valence-corrected chi connectivity index (χ1v) is 7.14. The van der Waals surface area contributed by atoms with Gasteiger partial charge in [-0.15, -0.1) is 0 Å². The van der Waals surface area contributed by atoms with Crippen molar-refractivity contribution in [3.05, 3.63) is 77.5 Å². The first kappa shape index (κ1) is 12.8. The Morgan fingerprint density at radius 2 is 1.68 bits per heavy atom. The normalized spacial score (nSPS) is 15.5. The third-order valence-electron chi connectivity index (χ3n) is 4.15. The lowest BCUT2D eigenvalue weighted by atomic mass is 9.73. The number of anilines is 1. The summed E-state index contributed by atoms with van der Waals surface area (Å²) in [4.78, 5) is 9.15. The second-order valence-corrected chi connectivity index (χ2v) is 5.41. The molecule has 0 saturated heterocycles. The number of nitrogens with zero attached hydrogens (tertiary/aromatic N) is 3. The minimum atomic E-state index is -0.408. The van der Waals surface area contributed by atoms with Crippen molar-refractivity contribution in [2.75, 3.05) is 5.73 Å². The van der Waals surface area contributed by atoms with Crippen molar-refractivity contribution in [1.29, 1.82) is 0 Å². The summed E-state index contributed by atoms with van der Waals surface area (Å²) in [5, 5.41) is 7.15. The van der Waals surface area contributed by atoms with Crippen LogP contribution >= 0.6 is 0 Å². The molecule has 5 nitrogen and oxygen atoms in total. The van der Waals surface area contributed by atoms with E-state index in [1.165, 1.54) is 0 Å². The Hall–Kier alpha value is -2.95. The highest BCUT2D eigenvalue weighted by atomic mass is 15.2. The maximum Gasteiger partial charge on any atom is 0.152 e. The van der Waals surface area contributed by atoms with E-state index in [9.17, 15) is 0 Å². The van der Waals surface area contributed by atoms with Crippen molar-refractivity contribution in [2.45, 2.75) is 11.8 Å². The Morgan fingerprint density at radius 3 is 2.27 bits per heavy atom. The van der Waals surface area contributed by atoms with E-state index in [4.69, 9.17) is 5.73 Å². The highest BCUT2D eigenvalue weighted by molar-refractivity contribution is 5.68. The molecule has 0 saturated carbocycles. The number of H-pyrrole nitrogens is 1. The second-order valence-electron chi connectivity index (χ2n) is 5.41. The number of allylic oxidation sites excluding steroid dienone is 1. The van der Waals surface area contributed by atoms with Gasteiger partial charge < -0.3 is 5.73 Å². The number of nitrogens with one attached hydrogen (secondary N) is 1. The second kappa shape index (κ2) is 4.80. The SMILES string of the molecule is Nc1n[nH]c2c1C=CC(c1ccccn1)(c1ccccn1)C2. The van der Waals surface area contributed by atoms with Crippen molar-refractivity contribution in [3.8, 4) is 0 Å². The number of pyridine rings is 2. The lowest BCUT2D eigenvalue weighted by molar-refractivity contribution is 0.582. The van der Waals surface area contributed by atoms with E-state index >= 15 is 0 Å². The monoisotopic (exact) mass is 289 g/mol. The van der Waals surface area contributed by atoms with E-state index in [1.54, 1.807) is 0 Å². The topological polar surface area (TPSA) is 80.5 Å². The van der Waals surface area contributed by atoms with E-state index in [-0.39, 0.29) is 0 Å². The largest absolute Gasteiger partial charge is 0.382 e. The van der Waals surface area contributed by atoms with E-state index in [0.29, 0.717) is 12.2 Å². The van der Waals surface area contributed by atoms with Gasteiger partial charge in [0.25, 0.3) is 0 Å². The number of aromatic nitrogens is 4. The number of rotatable bonds is 2. The molecule has 4 rings (SSSR count). The number of fused-ring (bicyclic) bond motifs is 1. The average molecular weight is 289 g/mol. The molecule has 3 aromatic heterocycles. The van der Waals surface area contributed by atoms with E-state index in [1.807, 2.05) is 54.9 Å². The van der Waals surface area contributed by atoms with Gasteiger partial charge in [0.15, 0.2) is 5.82 Å². The van der Waals surface area contributed by atoms with Crippen LogP contribution in [0.2, 0.25) is 0 Å². The molecular weight excluding hydrogens is 274 g/mol. The van der Waals surface area contributed by atoms with Crippen LogP contribution < -0.4 is 5.73 Å². The van der Waals surface area contributed by atoms with Gasteiger partial charge >= 0.3 is 0 Å². The van der Waals surface area contributed by atoms with Gasteiger partial charge in [0.2, 0.25) is 0 Å². The molecule has 1 aliphatic rings. The maximum atomic E-state index is 5.90. The Bertz CT molecular complexity index is 781. The molecule has 3 N–H and O–H groups in total. The zero-order chi connectivity index (χ0) is 15.0. The van der Waals surface area contributed by atoms with Gasteiger partial charge in [-0.2, -0.15) is 5.10 Å². The lowest BCUT2D eigenvalue weighted by Gasteiger charge is -2.32. The molecule has 108 valence electrons. The number of hydrogen-bond donors (Lipinski definition) is 2. The molecule has 3 heterocycles. The fourth-order valence-electron chi connectivity index (χ4n) is 3.02. The summed E-state index contributed by atoms with van der Waals surface area (Å²) in [6.45, 7) is 0. The maximum absolute atomic E-state index is 5.90. The standard InChI is InChI=1S/C17H15N5/c18-16-12-7-8-17(11-13(12)21-22-16,14-5-1-3-9-19-14)15-6-2-4-10-20-15/h1-10H,11H2,(H3,18,21,22). The lowest BCUT2D eigenvalue weighted by Crippen LogP contribution is -2.32. The Balaban J connectivity index is 1.93. The van der Waals surface area contributed by atoms with Crippen LogP contribution in [0.25, 0.3) is 6.08 Å². The molecule has 0 fully saturated rings. The molecule has 0 aliphatic heterocycles. The van der Waals surface area contributed by atoms with Crippen molar-refractivity contribution < 1.29 is 0 Å². The van der Waals surface area contributed by atoms with Crippen LogP contribution in [0.3, 0.4) is 0 Å². The van der Waals surface area contributed by atoms with Gasteiger partial charge in [-0.25, -0.2) is 0 Å². The number of nitrogen functional groups attached to an aromatic ring is 1. The Kier molecular flexibility index (Phi) is 2.79. The van der Waals surface area contributed by atoms with Gasteiger partial charge in [-0.05, 0) is 24.3 Å². The van der Waals surface area contributed by atoms with Gasteiger partial charge in [-0.1, -0.05) is 24.3 Å². The van der Waals surface area contributed by atoms with Gasteiger partial charge in [-0.3, -0.25) is 15.1 Å². The Morgan fingerprint density at radius 1 is 1.00 bits per heavy atom. The predicted molar refractivity (Wildman–Crippen MR) is 85.0 cm³/mol. The highest BCUT2D eigenvalue weighted by Gasteiger charge is 2.38. The molecular formula is C17H15N5. The van der Waals surface area contributed by atoms with E-state index in [0.717, 1.165) is 22.6 Å². The first-order chi connectivity index (χ1) is 10.8. The molecule has 0 atom stereocenters. The molecule has 0 amide bonds. The summed E-state index contributed by atoms with van der Waals surface area (Å²) in [7, 11) is 0. The van der Waals surface area contributed by atoms with Crippen molar-refractivity contribution in [2.24, 2.45) is 0 Å². The third-order valence-corrected chi connectivity index (χ3v) is 4.15. The number of nitrogens with two attached hydrogens (primary N) is 1. The number of hydrogen-bond acceptors (Lipinski definition) is 4. The van der Waals surface area contributed by atoms with Gasteiger partial charge in [0, 0.05) is 30.1 Å². The predicted octanol–water partition coefficient (Wildman–Crippen LogP) is 2.34. The van der Waals surface area contributed by atoms with Gasteiger partial charge in [0.05, 0.1) is 16.8 Å². The van der Waals surface area contributed by atoms with E-state index < -0.39 is 5.41 Å². The van der Waals surface area contributed by atoms with Crippen LogP contribution in [0.1, 0.15) is 22.6 Å². The van der Waals surface area contributed by atoms with Gasteiger partial charge in [0.1, 0.15) is 0 Å². The molecule has 0 unspecified atom stereocenters. The molecule has 22 heavy (non-hydrogen) atoms. The van der Waals surface area contributed by atoms with Crippen LogP contribution in [0.4, 0.5) is 5.82 Å². The van der Waals surface area contributed by atoms with Crippen molar-refractivity contribution in [3.63, 3.8) is 0 Å². The smallest absolute Gasteiger partial charge is 0.152 e. The van der Waals surface area contributed by atoms with Crippen LogP contribution in [0.5, 0.6) is 0 Å². The quantitative estimate of drug-likeness (QED) is 0.758. The zero-order valence-electron chi connectivity index (χ0n) is 11.9. The highest BCUT2D eigenvalue weighted by Crippen LogP contribution is 2.40. The molecule has 0 bridgehead atoms. The fourth-order valence-corrected chi connectivity index (χ4v) is 3.02. The van der Waals surface area contributed by atoms with Crippen LogP contribution in [-0.4, -0.2) is 20.2 Å². The molecule has 5 heteroatoms. The summed E-state index contributed by atoms with van der Waals surface area (Å²) >= 11 is 0. The molecule has 0 aromatic carbocycles. The van der Waals surface area contributed by atoms with Crippen LogP contribution in [0, 0.1) is 0 Å². The van der Waals surface area contributed by atoms with Crippen LogP contribution in [-0.2, 0) is 11.8 Å². The molecule has 0 radical (unpaired) electrons. The summed E-state index contributed by atoms with van der Waals surface area (Å²) in [6.07, 6.45) is 8.47. The summed E-state index contributed by atoms with van der Waals surface area (Å²) < 4.78 is 0. The Labute approximate surface area is 127 Å². The van der Waals surface area contributed by atoms with Crippen molar-refractivity contribution in [1.82, 2.24) is 20.2 Å². The molecule has 3 aromatic rings. The minimum absolute atomic E-state index is 0.408. The van der Waals surface area contributed by atoms with Crippen molar-refractivity contribution >= 4 is 11.9 Å². The molecule has 1 aliphatic carbocycles. The number of aromatic amines is 1. The van der Waals surface area contributed by atoms with E-state index in [2.05, 4.69) is 26.2 Å². The minimum Gasteiger partial charge on any atom is -0.382 e. The van der Waals surface area contributed by atoms with Crippen LogP contribution in [0.15, 0.2) is 54.9 Å². The third kappa shape index (κ3) is 1.83. The zero-order valence-corrected chi connectivity index (χ0v) is 11.9. The fraction of sp³-hybridized carbons (Fsp3) is 0.118. The summed E-state index contributed by atoms with van der Waals surface area (Å²) in [6, 6.07) is 11.9. The first-order valence-electron chi connectivity index (χ1n) is 7.14. The summed E-state index contributed by atoms with van der Waals surface area (Å²) in [5.74, 6) is 0.530.